The molecule has 4 aromatic carbocycles. The number of nitrogens with one attached hydrogen (secondary N) is 2. The fraction of sp³-hybridized carbons (Fsp3) is 0. The summed E-state index contributed by atoms with van der Waals surface area (Å²) in [6.45, 7) is 0. The minimum absolute atomic E-state index is 0.0545. The van der Waals surface area contributed by atoms with Crippen LogP contribution in [0.2, 0.25) is 0 Å². The number of nitrogens with zero attached hydrogens (tertiary/aromatic N) is 8. The molecular weight excluding hydrogens is 584 g/mol. The monoisotopic (exact) mass is 608 g/mol. The number of anilines is 7. The Kier molecular flexibility index (Phi) is 9.22. The number of rotatable bonds is 11. The fourth-order valence-corrected chi connectivity index (χ4v) is 4.03. The second-order valence-corrected chi connectivity index (χ2v) is 9.00. The van der Waals surface area contributed by atoms with Crippen LogP contribution < -0.4 is 26.2 Å². The maximum absolute atomic E-state index is 11.3. The van der Waals surface area contributed by atoms with E-state index in [4.69, 9.17) is 0 Å². The highest BCUT2D eigenvalue weighted by atomic mass is 16.8. The van der Waals surface area contributed by atoms with Gasteiger partial charge in [0.1, 0.15) is 11.5 Å². The Morgan fingerprint density at radius 1 is 0.578 bits per heavy atom. The molecule has 228 valence electrons. The van der Waals surface area contributed by atoms with Gasteiger partial charge in [0.15, 0.2) is 0 Å². The van der Waals surface area contributed by atoms with Crippen LogP contribution >= 0.6 is 0 Å². The van der Waals surface area contributed by atoms with Gasteiger partial charge in [0.25, 0.3) is 0 Å². The Hall–Kier alpha value is -6.33. The van der Waals surface area contributed by atoms with Gasteiger partial charge in [-0.3, -0.25) is 15.3 Å². The van der Waals surface area contributed by atoms with Gasteiger partial charge in [-0.15, -0.1) is 0 Å². The zero-order chi connectivity index (χ0) is 31.8. The molecule has 5 aromatic rings. The number of phenols is 2. The SMILES string of the molecule is [O-]N(O)c1cccc(C=NNc2nc(NN=Cc3cccc(N([O-])O)c3O)nc(N(c3ccccc3)c3ccccc3)n2)c1O. The van der Waals surface area contributed by atoms with Crippen molar-refractivity contribution >= 4 is 53.0 Å². The van der Waals surface area contributed by atoms with E-state index >= 15 is 0 Å². The maximum atomic E-state index is 11.3. The Labute approximate surface area is 255 Å². The van der Waals surface area contributed by atoms with Crippen molar-refractivity contribution in [3.63, 3.8) is 0 Å². The number of aromatic nitrogens is 3. The topological polar surface area (TPSA) is 224 Å². The normalized spacial score (nSPS) is 11.1. The molecule has 0 bridgehead atoms. The molecule has 0 spiro atoms. The van der Waals surface area contributed by atoms with Gasteiger partial charge in [-0.2, -0.15) is 25.2 Å². The van der Waals surface area contributed by atoms with Crippen LogP contribution in [0.3, 0.4) is 0 Å². The third-order valence-corrected chi connectivity index (χ3v) is 6.09. The molecule has 0 fully saturated rings. The predicted octanol–water partition coefficient (Wildman–Crippen LogP) is 5.03. The summed E-state index contributed by atoms with van der Waals surface area (Å²) in [6.07, 6.45) is 2.39. The summed E-state index contributed by atoms with van der Waals surface area (Å²) in [5.41, 5.74) is 6.25. The van der Waals surface area contributed by atoms with Crippen LogP contribution in [-0.4, -0.2) is 48.0 Å². The lowest BCUT2D eigenvalue weighted by Gasteiger charge is -2.23. The van der Waals surface area contributed by atoms with Gasteiger partial charge >= 0.3 is 0 Å². The first kappa shape index (κ1) is 30.1. The molecule has 16 heteroatoms. The van der Waals surface area contributed by atoms with Gasteiger partial charge in [0, 0.05) is 22.5 Å². The molecule has 0 aliphatic rings. The molecule has 16 nitrogen and oxygen atoms in total. The average Bonchev–Trinajstić information content (AvgIpc) is 3.03. The van der Waals surface area contributed by atoms with Gasteiger partial charge in [-0.05, 0) is 48.5 Å². The van der Waals surface area contributed by atoms with E-state index in [2.05, 4.69) is 36.0 Å². The number of hydrogen-bond donors (Lipinski definition) is 6. The number of hydrazone groups is 2. The molecule has 0 aliphatic carbocycles. The van der Waals surface area contributed by atoms with Crippen molar-refractivity contribution in [2.24, 2.45) is 10.2 Å². The molecule has 1 aromatic heterocycles. The molecule has 1 heterocycles. The van der Waals surface area contributed by atoms with Crippen molar-refractivity contribution in [2.45, 2.75) is 0 Å². The lowest BCUT2D eigenvalue weighted by atomic mass is 10.2. The zero-order valence-corrected chi connectivity index (χ0v) is 23.1. The van der Waals surface area contributed by atoms with Crippen molar-refractivity contribution in [1.29, 1.82) is 0 Å². The van der Waals surface area contributed by atoms with Gasteiger partial charge in [-0.25, -0.2) is 10.9 Å². The summed E-state index contributed by atoms with van der Waals surface area (Å²) in [7, 11) is 0. The quantitative estimate of drug-likeness (QED) is 0.0854. The third kappa shape index (κ3) is 7.19. The van der Waals surface area contributed by atoms with E-state index in [-0.39, 0.29) is 40.3 Å². The lowest BCUT2D eigenvalue weighted by molar-refractivity contribution is 0.291. The number of phenolic OH excluding ortho intramolecular Hbond substituents is 2. The molecule has 0 aliphatic heterocycles. The lowest BCUT2D eigenvalue weighted by Crippen LogP contribution is -2.16. The van der Waals surface area contributed by atoms with E-state index in [9.17, 15) is 31.0 Å². The van der Waals surface area contributed by atoms with Crippen LogP contribution in [0.4, 0.5) is 40.6 Å². The summed E-state index contributed by atoms with van der Waals surface area (Å²) in [5, 5.41) is 68.7. The number of para-hydroxylation sites is 4. The van der Waals surface area contributed by atoms with Crippen molar-refractivity contribution in [3.05, 3.63) is 119 Å². The van der Waals surface area contributed by atoms with Crippen LogP contribution in [0.25, 0.3) is 0 Å². The molecule has 5 rings (SSSR count). The first-order valence-corrected chi connectivity index (χ1v) is 13.0. The van der Waals surface area contributed by atoms with Crippen molar-refractivity contribution < 1.29 is 20.6 Å². The largest absolute Gasteiger partial charge is 0.733 e. The van der Waals surface area contributed by atoms with Crippen molar-refractivity contribution in [2.75, 3.05) is 26.2 Å². The van der Waals surface area contributed by atoms with Gasteiger partial charge in [-0.1, -0.05) is 48.5 Å². The maximum Gasteiger partial charge on any atom is 0.250 e. The summed E-state index contributed by atoms with van der Waals surface area (Å²) in [6, 6.07) is 26.9. The van der Waals surface area contributed by atoms with Gasteiger partial charge in [0.2, 0.25) is 17.8 Å². The fourth-order valence-electron chi connectivity index (χ4n) is 4.03. The minimum atomic E-state index is -0.499. The summed E-state index contributed by atoms with van der Waals surface area (Å²) < 4.78 is 0. The van der Waals surface area contributed by atoms with Crippen LogP contribution in [-0.2, 0) is 0 Å². The second-order valence-electron chi connectivity index (χ2n) is 9.00. The Morgan fingerprint density at radius 3 is 1.40 bits per heavy atom. The molecule has 6 N–H and O–H groups in total. The molecule has 0 atom stereocenters. The van der Waals surface area contributed by atoms with E-state index in [1.807, 2.05) is 60.7 Å². The Morgan fingerprint density at radius 2 is 1.00 bits per heavy atom. The Balaban J connectivity index is 1.51. The molecule has 0 saturated carbocycles. The van der Waals surface area contributed by atoms with E-state index in [0.29, 0.717) is 0 Å². The van der Waals surface area contributed by atoms with E-state index in [1.165, 1.54) is 48.8 Å². The highest BCUT2D eigenvalue weighted by Crippen LogP contribution is 2.33. The molecule has 45 heavy (non-hydrogen) atoms. The second kappa shape index (κ2) is 13.8. The molecular formula is C29H24N10O6-2. The van der Waals surface area contributed by atoms with Gasteiger partial charge < -0.3 is 31.1 Å². The number of aromatic hydroxyl groups is 2. The van der Waals surface area contributed by atoms with Crippen LogP contribution in [0.1, 0.15) is 11.1 Å². The van der Waals surface area contributed by atoms with Gasteiger partial charge in [0.05, 0.1) is 23.8 Å². The van der Waals surface area contributed by atoms with Crippen LogP contribution in [0.15, 0.2) is 107 Å². The van der Waals surface area contributed by atoms with E-state index in [0.717, 1.165) is 11.4 Å². The van der Waals surface area contributed by atoms with E-state index < -0.39 is 22.0 Å². The average molecular weight is 609 g/mol. The first-order chi connectivity index (χ1) is 21.8. The highest BCUT2D eigenvalue weighted by molar-refractivity contribution is 5.88. The Bertz CT molecular complexity index is 1680. The minimum Gasteiger partial charge on any atom is -0.733 e. The summed E-state index contributed by atoms with van der Waals surface area (Å²) >= 11 is 0. The summed E-state index contributed by atoms with van der Waals surface area (Å²) in [5.74, 6) is -0.956. The third-order valence-electron chi connectivity index (χ3n) is 6.09. The molecule has 0 amide bonds. The number of benzene rings is 4. The molecule has 0 saturated heterocycles. The predicted molar refractivity (Wildman–Crippen MR) is 168 cm³/mol. The smallest absolute Gasteiger partial charge is 0.250 e. The van der Waals surface area contributed by atoms with Crippen molar-refractivity contribution in [1.82, 2.24) is 15.0 Å². The van der Waals surface area contributed by atoms with E-state index in [1.54, 1.807) is 4.90 Å². The molecule has 0 unspecified atom stereocenters. The standard InChI is InChI=1S/C29H24N10O6/c40-25-19(9-7-15-23(25)38(42)43)17-30-35-27-32-28(36-31-18-20-10-8-16-24(26(20)41)39(44)45)34-29(33-27)37(21-11-3-1-4-12-21)22-13-5-2-6-14-22/h1-18,40-42,44H,(H2,32,33,34,35,36)/q-2. The van der Waals surface area contributed by atoms with Crippen molar-refractivity contribution in [3.8, 4) is 11.5 Å². The zero-order valence-electron chi connectivity index (χ0n) is 23.1. The summed E-state index contributed by atoms with van der Waals surface area (Å²) in [4.78, 5) is 15.1. The van der Waals surface area contributed by atoms with Crippen LogP contribution in [0, 0.1) is 10.4 Å². The first-order valence-electron chi connectivity index (χ1n) is 13.0. The molecule has 0 radical (unpaired) electrons. The highest BCUT2D eigenvalue weighted by Gasteiger charge is 2.18. The number of hydrogen-bond acceptors (Lipinski definition) is 16. The van der Waals surface area contributed by atoms with Crippen LogP contribution in [0.5, 0.6) is 11.5 Å².